The lowest BCUT2D eigenvalue weighted by molar-refractivity contribution is 0.362. The number of hydrogen-bond acceptors (Lipinski definition) is 1. The van der Waals surface area contributed by atoms with Crippen LogP contribution in [0.5, 0.6) is 0 Å². The standard InChI is InChI=1S/C5H13O3P/c1-3-5(2)4-9(6,7)8/h5H,3-4H2,1-2H3,(H2,6,7,8). The molecule has 0 saturated carbocycles. The highest BCUT2D eigenvalue weighted by Gasteiger charge is 2.15. The van der Waals surface area contributed by atoms with Gasteiger partial charge in [0, 0.05) is 0 Å². The second-order valence-electron chi connectivity index (χ2n) is 2.36. The van der Waals surface area contributed by atoms with Crippen LogP contribution in [0.25, 0.3) is 0 Å². The van der Waals surface area contributed by atoms with E-state index in [0.29, 0.717) is 0 Å². The zero-order valence-electron chi connectivity index (χ0n) is 5.74. The third-order valence-electron chi connectivity index (χ3n) is 1.25. The molecule has 0 aromatic rings. The molecule has 0 amide bonds. The van der Waals surface area contributed by atoms with Gasteiger partial charge in [-0.1, -0.05) is 20.3 Å². The van der Waals surface area contributed by atoms with Crippen molar-refractivity contribution in [3.63, 3.8) is 0 Å². The Morgan fingerprint density at radius 3 is 2.11 bits per heavy atom. The van der Waals surface area contributed by atoms with E-state index < -0.39 is 7.60 Å². The Bertz CT molecular complexity index is 117. The van der Waals surface area contributed by atoms with Crippen LogP contribution in [0.2, 0.25) is 0 Å². The van der Waals surface area contributed by atoms with Gasteiger partial charge < -0.3 is 9.79 Å². The monoisotopic (exact) mass is 152 g/mol. The highest BCUT2D eigenvalue weighted by atomic mass is 31.2. The van der Waals surface area contributed by atoms with Crippen molar-refractivity contribution in [2.24, 2.45) is 5.92 Å². The summed E-state index contributed by atoms with van der Waals surface area (Å²) in [5, 5.41) is 0. The zero-order valence-corrected chi connectivity index (χ0v) is 6.64. The fourth-order valence-corrected chi connectivity index (χ4v) is 1.61. The van der Waals surface area contributed by atoms with Crippen molar-refractivity contribution in [2.75, 3.05) is 6.16 Å². The molecule has 0 aliphatic heterocycles. The highest BCUT2D eigenvalue weighted by Crippen LogP contribution is 2.37. The summed E-state index contributed by atoms with van der Waals surface area (Å²) >= 11 is 0. The van der Waals surface area contributed by atoms with Crippen LogP contribution in [-0.2, 0) is 4.57 Å². The maximum absolute atomic E-state index is 10.3. The quantitative estimate of drug-likeness (QED) is 0.597. The van der Waals surface area contributed by atoms with E-state index in [4.69, 9.17) is 9.79 Å². The molecule has 0 saturated heterocycles. The average Bonchev–Trinajstić information content (AvgIpc) is 1.62. The minimum atomic E-state index is -3.74. The van der Waals surface area contributed by atoms with Gasteiger partial charge in [-0.05, 0) is 5.92 Å². The molecule has 4 heteroatoms. The van der Waals surface area contributed by atoms with Crippen molar-refractivity contribution in [3.8, 4) is 0 Å². The summed E-state index contributed by atoms with van der Waals surface area (Å²) in [4.78, 5) is 16.9. The van der Waals surface area contributed by atoms with Crippen LogP contribution in [0.4, 0.5) is 0 Å². The Morgan fingerprint density at radius 2 is 2.00 bits per heavy atom. The largest absolute Gasteiger partial charge is 0.325 e. The summed E-state index contributed by atoms with van der Waals surface area (Å²) in [6.07, 6.45) is 0.842. The molecule has 3 nitrogen and oxygen atoms in total. The molecular formula is C5H13O3P. The van der Waals surface area contributed by atoms with E-state index in [-0.39, 0.29) is 12.1 Å². The smallest absolute Gasteiger partial charge is 0.324 e. The predicted octanol–water partition coefficient (Wildman–Crippen LogP) is 1.21. The Labute approximate surface area is 55.3 Å². The normalized spacial score (nSPS) is 15.6. The molecule has 0 aromatic carbocycles. The van der Waals surface area contributed by atoms with E-state index in [1.54, 1.807) is 0 Å². The lowest BCUT2D eigenvalue weighted by atomic mass is 10.2. The van der Waals surface area contributed by atoms with Gasteiger partial charge in [-0.3, -0.25) is 4.57 Å². The van der Waals surface area contributed by atoms with Crippen molar-refractivity contribution in [1.82, 2.24) is 0 Å². The van der Waals surface area contributed by atoms with Gasteiger partial charge in [0.15, 0.2) is 0 Å². The summed E-state index contributed by atoms with van der Waals surface area (Å²) in [7, 11) is -3.74. The summed E-state index contributed by atoms with van der Waals surface area (Å²) in [5.41, 5.74) is 0. The molecule has 0 aromatic heterocycles. The molecule has 9 heavy (non-hydrogen) atoms. The highest BCUT2D eigenvalue weighted by molar-refractivity contribution is 7.51. The van der Waals surface area contributed by atoms with E-state index in [1.165, 1.54) is 0 Å². The molecule has 0 aliphatic rings. The van der Waals surface area contributed by atoms with Gasteiger partial charge in [0.2, 0.25) is 0 Å². The van der Waals surface area contributed by atoms with Gasteiger partial charge in [0.1, 0.15) is 0 Å². The molecule has 0 radical (unpaired) electrons. The van der Waals surface area contributed by atoms with Crippen LogP contribution in [-0.4, -0.2) is 15.9 Å². The first-order valence-electron chi connectivity index (χ1n) is 3.00. The number of hydrogen-bond donors (Lipinski definition) is 2. The van der Waals surface area contributed by atoms with Crippen LogP contribution in [0.15, 0.2) is 0 Å². The summed E-state index contributed by atoms with van der Waals surface area (Å²) in [6.45, 7) is 3.75. The summed E-state index contributed by atoms with van der Waals surface area (Å²) < 4.78 is 10.3. The molecule has 0 spiro atoms. The van der Waals surface area contributed by atoms with Crippen LogP contribution >= 0.6 is 7.60 Å². The molecule has 0 aliphatic carbocycles. The van der Waals surface area contributed by atoms with Gasteiger partial charge in [-0.2, -0.15) is 0 Å². The Morgan fingerprint density at radius 1 is 1.56 bits per heavy atom. The first kappa shape index (κ1) is 9.15. The van der Waals surface area contributed by atoms with Crippen molar-refractivity contribution in [1.29, 1.82) is 0 Å². The van der Waals surface area contributed by atoms with Crippen LogP contribution in [0.3, 0.4) is 0 Å². The van der Waals surface area contributed by atoms with Gasteiger partial charge in [-0.25, -0.2) is 0 Å². The fourth-order valence-electron chi connectivity index (χ4n) is 0.535. The molecule has 0 heterocycles. The Balaban J connectivity index is 3.60. The maximum atomic E-state index is 10.3. The van der Waals surface area contributed by atoms with Gasteiger partial charge in [0.05, 0.1) is 6.16 Å². The molecule has 1 unspecified atom stereocenters. The lowest BCUT2D eigenvalue weighted by Gasteiger charge is -2.08. The second kappa shape index (κ2) is 3.35. The average molecular weight is 152 g/mol. The van der Waals surface area contributed by atoms with Crippen molar-refractivity contribution in [2.45, 2.75) is 20.3 Å². The Hall–Kier alpha value is 0.150. The first-order valence-corrected chi connectivity index (χ1v) is 4.80. The van der Waals surface area contributed by atoms with Crippen molar-refractivity contribution in [3.05, 3.63) is 0 Å². The predicted molar refractivity (Wildman–Crippen MR) is 36.4 cm³/mol. The third-order valence-corrected chi connectivity index (χ3v) is 2.35. The lowest BCUT2D eigenvalue weighted by Crippen LogP contribution is -1.99. The molecule has 2 N–H and O–H groups in total. The van der Waals surface area contributed by atoms with Gasteiger partial charge in [-0.15, -0.1) is 0 Å². The second-order valence-corrected chi connectivity index (χ2v) is 4.06. The Kier molecular flexibility index (Phi) is 3.41. The number of rotatable bonds is 3. The molecule has 1 atom stereocenters. The van der Waals surface area contributed by atoms with E-state index in [1.807, 2.05) is 13.8 Å². The van der Waals surface area contributed by atoms with E-state index >= 15 is 0 Å². The summed E-state index contributed by atoms with van der Waals surface area (Å²) in [5.74, 6) is 0.130. The van der Waals surface area contributed by atoms with E-state index in [0.717, 1.165) is 6.42 Å². The SMILES string of the molecule is CCC(C)CP(=O)(O)O. The van der Waals surface area contributed by atoms with Crippen LogP contribution in [0, 0.1) is 5.92 Å². The van der Waals surface area contributed by atoms with E-state index in [2.05, 4.69) is 0 Å². The van der Waals surface area contributed by atoms with E-state index in [9.17, 15) is 4.57 Å². The summed E-state index contributed by atoms with van der Waals surface area (Å²) in [6, 6.07) is 0. The minimum Gasteiger partial charge on any atom is -0.324 e. The molecule has 56 valence electrons. The third kappa shape index (κ3) is 6.03. The topological polar surface area (TPSA) is 57.5 Å². The van der Waals surface area contributed by atoms with Crippen molar-refractivity contribution >= 4 is 7.60 Å². The van der Waals surface area contributed by atoms with Gasteiger partial charge >= 0.3 is 7.60 Å². The molecule has 0 rings (SSSR count). The molecule has 0 bridgehead atoms. The molecule has 0 fully saturated rings. The molecular weight excluding hydrogens is 139 g/mol. The van der Waals surface area contributed by atoms with Crippen LogP contribution in [0.1, 0.15) is 20.3 Å². The van der Waals surface area contributed by atoms with Crippen molar-refractivity contribution < 1.29 is 14.4 Å². The zero-order chi connectivity index (χ0) is 7.49. The fraction of sp³-hybridized carbons (Fsp3) is 1.00. The minimum absolute atomic E-state index is 0.0174. The maximum Gasteiger partial charge on any atom is 0.325 e. The van der Waals surface area contributed by atoms with Crippen LogP contribution < -0.4 is 0 Å². The van der Waals surface area contributed by atoms with Gasteiger partial charge in [0.25, 0.3) is 0 Å². The first-order chi connectivity index (χ1) is 3.95.